The monoisotopic (exact) mass is 404 g/mol. The van der Waals surface area contributed by atoms with Crippen LogP contribution in [0.3, 0.4) is 0 Å². The van der Waals surface area contributed by atoms with Crippen LogP contribution in [0.2, 0.25) is 0 Å². The van der Waals surface area contributed by atoms with Crippen LogP contribution in [-0.2, 0) is 9.53 Å². The molecule has 0 bridgehead atoms. The van der Waals surface area contributed by atoms with Crippen molar-refractivity contribution in [3.05, 3.63) is 18.2 Å². The number of hydrogen-bond acceptors (Lipinski definition) is 5. The van der Waals surface area contributed by atoms with E-state index in [1.807, 2.05) is 0 Å². The van der Waals surface area contributed by atoms with Gasteiger partial charge in [-0.2, -0.15) is 13.2 Å². The van der Waals surface area contributed by atoms with Crippen molar-refractivity contribution in [3.8, 4) is 5.75 Å². The summed E-state index contributed by atoms with van der Waals surface area (Å²) < 4.78 is 48.6. The van der Waals surface area contributed by atoms with Gasteiger partial charge in [-0.05, 0) is 45.9 Å². The van der Waals surface area contributed by atoms with E-state index in [2.05, 4.69) is 15.4 Å². The first-order valence-electron chi connectivity index (χ1n) is 8.56. The average Bonchev–Trinajstić information content (AvgIpc) is 2.52. The molecule has 2 rings (SSSR count). The van der Waals surface area contributed by atoms with Crippen LogP contribution in [-0.4, -0.2) is 41.6 Å². The Balaban J connectivity index is 2.02. The van der Waals surface area contributed by atoms with E-state index in [0.717, 1.165) is 13.8 Å². The third-order valence-electron chi connectivity index (χ3n) is 4.39. The molecule has 0 radical (unpaired) electrons. The van der Waals surface area contributed by atoms with Crippen LogP contribution >= 0.6 is 0 Å². The average molecular weight is 404 g/mol. The zero-order chi connectivity index (χ0) is 21.3. The number of amides is 1. The predicted octanol–water partition coefficient (Wildman–Crippen LogP) is 4.25. The van der Waals surface area contributed by atoms with Crippen molar-refractivity contribution in [2.75, 3.05) is 17.2 Å². The number of benzene rings is 1. The minimum absolute atomic E-state index is 0.224. The highest BCUT2D eigenvalue weighted by Gasteiger charge is 2.51. The number of fused-ring (bicyclic) bond motifs is 1. The molecule has 1 heterocycles. The summed E-state index contributed by atoms with van der Waals surface area (Å²) in [6.45, 7) is 5.07. The van der Waals surface area contributed by atoms with Crippen molar-refractivity contribution < 1.29 is 37.3 Å². The number of halogens is 3. The van der Waals surface area contributed by atoms with E-state index in [0.29, 0.717) is 18.0 Å². The SMILES string of the molecule is CC(C)(C[C@H]1CNc2cc(NC(=O)OC(C)(C)C(F)(F)F)ccc2O1)C(=O)O. The number of hydrogen-bond donors (Lipinski definition) is 3. The lowest BCUT2D eigenvalue weighted by atomic mass is 9.86. The summed E-state index contributed by atoms with van der Waals surface area (Å²) in [5, 5.41) is 14.5. The normalized spacial score (nSPS) is 17.0. The van der Waals surface area contributed by atoms with Crippen LogP contribution in [0.1, 0.15) is 34.1 Å². The molecule has 156 valence electrons. The molecule has 28 heavy (non-hydrogen) atoms. The van der Waals surface area contributed by atoms with E-state index in [4.69, 9.17) is 4.74 Å². The molecule has 1 aliphatic heterocycles. The molecule has 0 saturated carbocycles. The first-order chi connectivity index (χ1) is 12.7. The highest BCUT2D eigenvalue weighted by atomic mass is 19.4. The lowest BCUT2D eigenvalue weighted by Gasteiger charge is -2.32. The zero-order valence-corrected chi connectivity index (χ0v) is 15.9. The molecule has 7 nitrogen and oxygen atoms in total. The number of ether oxygens (including phenoxy) is 2. The van der Waals surface area contributed by atoms with Gasteiger partial charge in [0.15, 0.2) is 0 Å². The second-order valence-corrected chi connectivity index (χ2v) is 7.75. The molecular weight excluding hydrogens is 381 g/mol. The third-order valence-corrected chi connectivity index (χ3v) is 4.39. The summed E-state index contributed by atoms with van der Waals surface area (Å²) in [7, 11) is 0. The molecule has 0 aromatic heterocycles. The van der Waals surface area contributed by atoms with Gasteiger partial charge in [-0.3, -0.25) is 10.1 Å². The largest absolute Gasteiger partial charge is 0.486 e. The van der Waals surface area contributed by atoms with Crippen molar-refractivity contribution in [3.63, 3.8) is 0 Å². The summed E-state index contributed by atoms with van der Waals surface area (Å²) >= 11 is 0. The van der Waals surface area contributed by atoms with Crippen molar-refractivity contribution >= 4 is 23.4 Å². The molecule has 0 saturated heterocycles. The molecule has 10 heteroatoms. The van der Waals surface area contributed by atoms with Gasteiger partial charge in [0.05, 0.1) is 17.6 Å². The highest BCUT2D eigenvalue weighted by Crippen LogP contribution is 2.36. The van der Waals surface area contributed by atoms with Crippen LogP contribution in [0.25, 0.3) is 0 Å². The number of carboxylic acid groups (broad SMARTS) is 1. The van der Waals surface area contributed by atoms with Gasteiger partial charge in [0, 0.05) is 12.1 Å². The minimum Gasteiger partial charge on any atom is -0.486 e. The molecule has 1 atom stereocenters. The van der Waals surface area contributed by atoms with Crippen LogP contribution in [0.15, 0.2) is 18.2 Å². The van der Waals surface area contributed by atoms with Crippen molar-refractivity contribution in [2.24, 2.45) is 5.41 Å². The standard InChI is InChI=1S/C18H23F3N2O5/c1-16(2,14(24)25)8-11-9-22-12-7-10(5-6-13(12)27-11)23-15(26)28-17(3,4)18(19,20)21/h5-7,11,22H,8-9H2,1-4H3,(H,23,26)(H,24,25)/t11-/m0/s1. The van der Waals surface area contributed by atoms with Crippen molar-refractivity contribution in [1.82, 2.24) is 0 Å². The molecule has 0 unspecified atom stereocenters. The Morgan fingerprint density at radius 1 is 1.29 bits per heavy atom. The Kier molecular flexibility index (Phi) is 5.72. The third kappa shape index (κ3) is 4.99. The van der Waals surface area contributed by atoms with Gasteiger partial charge >= 0.3 is 18.2 Å². The zero-order valence-electron chi connectivity index (χ0n) is 15.9. The Morgan fingerprint density at radius 2 is 1.93 bits per heavy atom. The predicted molar refractivity (Wildman–Crippen MR) is 95.6 cm³/mol. The fourth-order valence-electron chi connectivity index (χ4n) is 2.50. The summed E-state index contributed by atoms with van der Waals surface area (Å²) in [4.78, 5) is 23.0. The number of carbonyl (C=O) groups is 2. The number of alkyl halides is 3. The second-order valence-electron chi connectivity index (χ2n) is 7.75. The van der Waals surface area contributed by atoms with E-state index < -0.39 is 29.3 Å². The van der Waals surface area contributed by atoms with E-state index in [1.165, 1.54) is 18.2 Å². The van der Waals surface area contributed by atoms with Crippen LogP contribution in [0.5, 0.6) is 5.75 Å². The maximum absolute atomic E-state index is 12.8. The van der Waals surface area contributed by atoms with Gasteiger partial charge in [-0.15, -0.1) is 0 Å². The number of rotatable bonds is 5. The van der Waals surface area contributed by atoms with E-state index >= 15 is 0 Å². The first kappa shape index (κ1) is 21.6. The minimum atomic E-state index is -4.70. The lowest BCUT2D eigenvalue weighted by Crippen LogP contribution is -2.44. The first-order valence-corrected chi connectivity index (χ1v) is 8.56. The van der Waals surface area contributed by atoms with Crippen molar-refractivity contribution in [1.29, 1.82) is 0 Å². The Labute approximate surface area is 160 Å². The molecule has 1 aromatic rings. The quantitative estimate of drug-likeness (QED) is 0.679. The molecule has 1 aliphatic rings. The number of aliphatic carboxylic acids is 1. The van der Waals surface area contributed by atoms with E-state index in [9.17, 15) is 27.9 Å². The molecule has 0 fully saturated rings. The summed E-state index contributed by atoms with van der Waals surface area (Å²) in [6.07, 6.45) is -6.02. The maximum Gasteiger partial charge on any atom is 0.427 e. The number of carbonyl (C=O) groups excluding carboxylic acids is 1. The summed E-state index contributed by atoms with van der Waals surface area (Å²) in [6, 6.07) is 4.48. The smallest absolute Gasteiger partial charge is 0.427 e. The second kappa shape index (κ2) is 7.40. The van der Waals surface area contributed by atoms with Gasteiger partial charge < -0.3 is 19.9 Å². The van der Waals surface area contributed by atoms with E-state index in [-0.39, 0.29) is 18.2 Å². The van der Waals surface area contributed by atoms with Gasteiger partial charge in [0.25, 0.3) is 0 Å². The fourth-order valence-corrected chi connectivity index (χ4v) is 2.50. The number of carboxylic acids is 1. The molecule has 3 N–H and O–H groups in total. The van der Waals surface area contributed by atoms with E-state index in [1.54, 1.807) is 13.8 Å². The highest BCUT2D eigenvalue weighted by molar-refractivity contribution is 5.86. The summed E-state index contributed by atoms with van der Waals surface area (Å²) in [5.41, 5.74) is -2.84. The molecular formula is C18H23F3N2O5. The van der Waals surface area contributed by atoms with Crippen LogP contribution < -0.4 is 15.4 Å². The van der Waals surface area contributed by atoms with Crippen molar-refractivity contribution in [2.45, 2.75) is 52.0 Å². The Hall–Kier alpha value is -2.65. The Morgan fingerprint density at radius 3 is 2.50 bits per heavy atom. The van der Waals surface area contributed by atoms with Crippen LogP contribution in [0, 0.1) is 5.41 Å². The van der Waals surface area contributed by atoms with Crippen LogP contribution in [0.4, 0.5) is 29.3 Å². The topological polar surface area (TPSA) is 96.9 Å². The van der Waals surface area contributed by atoms with Gasteiger partial charge in [0.2, 0.25) is 5.60 Å². The Bertz CT molecular complexity index is 762. The molecule has 1 amide bonds. The molecule has 0 aliphatic carbocycles. The molecule has 0 spiro atoms. The lowest BCUT2D eigenvalue weighted by molar-refractivity contribution is -0.242. The number of nitrogens with one attached hydrogen (secondary N) is 2. The van der Waals surface area contributed by atoms with Gasteiger partial charge in [-0.25, -0.2) is 4.79 Å². The fraction of sp³-hybridized carbons (Fsp3) is 0.556. The maximum atomic E-state index is 12.8. The summed E-state index contributed by atoms with van der Waals surface area (Å²) in [5.74, 6) is -0.478. The van der Waals surface area contributed by atoms with Gasteiger partial charge in [-0.1, -0.05) is 0 Å². The van der Waals surface area contributed by atoms with Gasteiger partial charge in [0.1, 0.15) is 11.9 Å². The number of anilines is 2. The molecule has 1 aromatic carbocycles.